The van der Waals surface area contributed by atoms with Crippen LogP contribution in [0.3, 0.4) is 0 Å². The Balaban J connectivity index is 2.89. The van der Waals surface area contributed by atoms with Crippen LogP contribution in [0.1, 0.15) is 43.6 Å². The molecule has 9 N–H and O–H groups in total. The molecule has 0 aliphatic heterocycles. The fourth-order valence-corrected chi connectivity index (χ4v) is 1.83. The summed E-state index contributed by atoms with van der Waals surface area (Å²) in [5, 5.41) is 35.2. The van der Waals surface area contributed by atoms with Gasteiger partial charge in [0.25, 0.3) is 0 Å². The van der Waals surface area contributed by atoms with Gasteiger partial charge in [-0.2, -0.15) is 4.98 Å². The number of carbonyl (C=O) groups excluding carboxylic acids is 2. The molecule has 0 radical (unpaired) electrons. The maximum absolute atomic E-state index is 11.9. The Kier molecular flexibility index (Phi) is 7.89. The monoisotopic (exact) mass is 374 g/mol. The average molecular weight is 374 g/mol. The highest BCUT2D eigenvalue weighted by molar-refractivity contribution is 5.82. The van der Waals surface area contributed by atoms with Gasteiger partial charge in [0.1, 0.15) is 6.04 Å². The van der Waals surface area contributed by atoms with Crippen molar-refractivity contribution in [2.45, 2.75) is 44.0 Å². The lowest BCUT2D eigenvalue weighted by Crippen LogP contribution is -2.48. The molecule has 0 bridgehead atoms. The van der Waals surface area contributed by atoms with Crippen LogP contribution in [0.2, 0.25) is 0 Å². The van der Waals surface area contributed by atoms with Crippen molar-refractivity contribution in [3.63, 3.8) is 0 Å². The first-order valence-corrected chi connectivity index (χ1v) is 7.61. The molecule has 13 nitrogen and oxygen atoms in total. The molecular formula is C13H22N6O7. The van der Waals surface area contributed by atoms with Crippen LogP contribution >= 0.6 is 0 Å². The van der Waals surface area contributed by atoms with Gasteiger partial charge in [0, 0.05) is 6.42 Å². The van der Waals surface area contributed by atoms with Crippen molar-refractivity contribution in [1.82, 2.24) is 20.8 Å². The molecular weight excluding hydrogens is 352 g/mol. The minimum absolute atomic E-state index is 0.00876. The zero-order valence-corrected chi connectivity index (χ0v) is 14.0. The number of nitrogens with two attached hydrogens (primary N) is 2. The molecule has 26 heavy (non-hydrogen) atoms. The number of carboxylic acid groups (broad SMARTS) is 1. The standard InChI is InChI=1S/C13H22N6O7/c1-5(21)9(15)10-18-11(26-19-10)6(2-3-8(14)22)16-13(25)17-7(4-20)12(23)24/h5-7,9,20-21H,2-4,15H2,1H3,(H2,14,22)(H,23,24)(H2,16,17,25)/t5?,6-,7-,9-/m0/s1. The quantitative estimate of drug-likeness (QED) is 0.228. The van der Waals surface area contributed by atoms with Gasteiger partial charge in [-0.05, 0) is 13.3 Å². The summed E-state index contributed by atoms with van der Waals surface area (Å²) >= 11 is 0. The van der Waals surface area contributed by atoms with Gasteiger partial charge in [0.05, 0.1) is 18.8 Å². The van der Waals surface area contributed by atoms with E-state index >= 15 is 0 Å². The molecule has 0 aliphatic carbocycles. The number of nitrogens with zero attached hydrogens (tertiary/aromatic N) is 2. The van der Waals surface area contributed by atoms with Crippen LogP contribution in [0.25, 0.3) is 0 Å². The Bertz CT molecular complexity index is 634. The van der Waals surface area contributed by atoms with E-state index in [2.05, 4.69) is 15.5 Å². The van der Waals surface area contributed by atoms with Crippen LogP contribution in [0.5, 0.6) is 0 Å². The molecule has 3 amide bonds. The van der Waals surface area contributed by atoms with Crippen molar-refractivity contribution in [3.8, 4) is 0 Å². The van der Waals surface area contributed by atoms with Gasteiger partial charge in [0.15, 0.2) is 11.9 Å². The predicted molar refractivity (Wildman–Crippen MR) is 84.3 cm³/mol. The molecule has 1 heterocycles. The largest absolute Gasteiger partial charge is 0.480 e. The number of carbonyl (C=O) groups is 3. The second kappa shape index (κ2) is 9.65. The van der Waals surface area contributed by atoms with Crippen LogP contribution in [0, 0.1) is 0 Å². The highest BCUT2D eigenvalue weighted by Gasteiger charge is 2.26. The Labute approximate surface area is 147 Å². The van der Waals surface area contributed by atoms with Crippen LogP contribution in [-0.4, -0.2) is 62.1 Å². The summed E-state index contributed by atoms with van der Waals surface area (Å²) in [5.74, 6) is -2.20. The molecule has 1 unspecified atom stereocenters. The molecule has 1 aromatic rings. The first kappa shape index (κ1) is 21.3. The lowest BCUT2D eigenvalue weighted by Gasteiger charge is -2.17. The number of amides is 3. The molecule has 146 valence electrons. The van der Waals surface area contributed by atoms with Crippen molar-refractivity contribution in [2.75, 3.05) is 6.61 Å². The predicted octanol–water partition coefficient (Wildman–Crippen LogP) is -2.50. The number of primary amides is 1. The Morgan fingerprint density at radius 1 is 1.31 bits per heavy atom. The number of carboxylic acids is 1. The Hall–Kier alpha value is -2.77. The van der Waals surface area contributed by atoms with Crippen molar-refractivity contribution in [1.29, 1.82) is 0 Å². The molecule has 13 heteroatoms. The van der Waals surface area contributed by atoms with Crippen LogP contribution < -0.4 is 22.1 Å². The van der Waals surface area contributed by atoms with Crippen LogP contribution in [0.15, 0.2) is 4.52 Å². The summed E-state index contributed by atoms with van der Waals surface area (Å²) in [4.78, 5) is 37.7. The van der Waals surface area contributed by atoms with Gasteiger partial charge in [0.2, 0.25) is 11.8 Å². The second-order valence-electron chi connectivity index (χ2n) is 5.51. The highest BCUT2D eigenvalue weighted by atomic mass is 16.5. The maximum atomic E-state index is 11.9. The van der Waals surface area contributed by atoms with Crippen molar-refractivity contribution >= 4 is 17.9 Å². The second-order valence-corrected chi connectivity index (χ2v) is 5.51. The van der Waals surface area contributed by atoms with E-state index in [-0.39, 0.29) is 24.6 Å². The molecule has 0 aromatic carbocycles. The number of hydrogen-bond acceptors (Lipinski definition) is 9. The fourth-order valence-electron chi connectivity index (χ4n) is 1.83. The number of nitrogens with one attached hydrogen (secondary N) is 2. The molecule has 0 saturated carbocycles. The van der Waals surface area contributed by atoms with E-state index in [0.29, 0.717) is 0 Å². The van der Waals surface area contributed by atoms with Gasteiger partial charge < -0.3 is 41.9 Å². The highest BCUT2D eigenvalue weighted by Crippen LogP contribution is 2.19. The Morgan fingerprint density at radius 2 is 1.96 bits per heavy atom. The smallest absolute Gasteiger partial charge is 0.328 e. The van der Waals surface area contributed by atoms with E-state index in [4.69, 9.17) is 26.2 Å². The molecule has 0 spiro atoms. The third-order valence-corrected chi connectivity index (χ3v) is 3.34. The van der Waals surface area contributed by atoms with Gasteiger partial charge in [-0.15, -0.1) is 0 Å². The van der Waals surface area contributed by atoms with Crippen molar-refractivity contribution in [2.24, 2.45) is 11.5 Å². The zero-order chi connectivity index (χ0) is 19.9. The van der Waals surface area contributed by atoms with Gasteiger partial charge in [-0.1, -0.05) is 5.16 Å². The molecule has 1 rings (SSSR count). The summed E-state index contributed by atoms with van der Waals surface area (Å²) in [7, 11) is 0. The first-order valence-electron chi connectivity index (χ1n) is 7.61. The minimum Gasteiger partial charge on any atom is -0.480 e. The van der Waals surface area contributed by atoms with E-state index in [1.54, 1.807) is 0 Å². The molecule has 0 saturated heterocycles. The molecule has 4 atom stereocenters. The number of aliphatic hydroxyl groups excluding tert-OH is 2. The van der Waals surface area contributed by atoms with Crippen LogP contribution in [-0.2, 0) is 9.59 Å². The van der Waals surface area contributed by atoms with E-state index in [1.807, 2.05) is 5.32 Å². The Morgan fingerprint density at radius 3 is 2.46 bits per heavy atom. The van der Waals surface area contributed by atoms with Gasteiger partial charge in [-0.25, -0.2) is 9.59 Å². The van der Waals surface area contributed by atoms with Crippen molar-refractivity contribution in [3.05, 3.63) is 11.7 Å². The fraction of sp³-hybridized carbons (Fsp3) is 0.615. The summed E-state index contributed by atoms with van der Waals surface area (Å²) < 4.78 is 5.00. The van der Waals surface area contributed by atoms with E-state index < -0.39 is 48.7 Å². The minimum atomic E-state index is -1.52. The molecule has 1 aromatic heterocycles. The summed E-state index contributed by atoms with van der Waals surface area (Å²) in [6.45, 7) is 0.612. The van der Waals surface area contributed by atoms with E-state index in [0.717, 1.165) is 0 Å². The topological polar surface area (TPSA) is 227 Å². The third kappa shape index (κ3) is 6.27. The van der Waals surface area contributed by atoms with Crippen molar-refractivity contribution < 1.29 is 34.2 Å². The lowest BCUT2D eigenvalue weighted by atomic mass is 10.1. The number of aliphatic hydroxyl groups is 2. The van der Waals surface area contributed by atoms with Crippen LogP contribution in [0.4, 0.5) is 4.79 Å². The molecule has 0 aliphatic rings. The first-order chi connectivity index (χ1) is 12.1. The van der Waals surface area contributed by atoms with E-state index in [9.17, 15) is 19.5 Å². The number of aliphatic carboxylic acids is 1. The normalized spacial score (nSPS) is 15.5. The van der Waals surface area contributed by atoms with Gasteiger partial charge >= 0.3 is 12.0 Å². The van der Waals surface area contributed by atoms with Gasteiger partial charge in [-0.3, -0.25) is 4.79 Å². The number of hydrogen-bond donors (Lipinski definition) is 7. The summed E-state index contributed by atoms with van der Waals surface area (Å²) in [5.41, 5.74) is 10.8. The lowest BCUT2D eigenvalue weighted by molar-refractivity contribution is -0.140. The zero-order valence-electron chi connectivity index (χ0n) is 14.0. The summed E-state index contributed by atoms with van der Waals surface area (Å²) in [6.07, 6.45) is -1.10. The SMILES string of the molecule is CC(O)[C@H](N)c1noc([C@H](CCC(N)=O)NC(=O)N[C@@H](CO)C(=O)O)n1. The summed E-state index contributed by atoms with van der Waals surface area (Å²) in [6, 6.07) is -4.36. The average Bonchev–Trinajstić information content (AvgIpc) is 3.04. The maximum Gasteiger partial charge on any atom is 0.328 e. The number of urea groups is 1. The van der Waals surface area contributed by atoms with E-state index in [1.165, 1.54) is 6.92 Å². The third-order valence-electron chi connectivity index (χ3n) is 3.34. The number of rotatable bonds is 10. The number of aromatic nitrogens is 2. The molecule has 0 fully saturated rings.